The zero-order chi connectivity index (χ0) is 10.2. The standard InChI is InChI=1S/C10H15NO3/c1-12-10(8-14-11)7-13-9-5-3-2-4-6-9/h2-6,10H,7-8,11H2,1H3. The molecule has 78 valence electrons. The minimum Gasteiger partial charge on any atom is -0.491 e. The Morgan fingerprint density at radius 1 is 1.21 bits per heavy atom. The highest BCUT2D eigenvalue weighted by atomic mass is 16.6. The van der Waals surface area contributed by atoms with Crippen molar-refractivity contribution >= 4 is 0 Å². The van der Waals surface area contributed by atoms with Crippen LogP contribution in [0.2, 0.25) is 0 Å². The van der Waals surface area contributed by atoms with E-state index in [2.05, 4.69) is 4.84 Å². The fraction of sp³-hybridized carbons (Fsp3) is 0.400. The summed E-state index contributed by atoms with van der Waals surface area (Å²) in [4.78, 5) is 4.48. The number of hydrogen-bond donors (Lipinski definition) is 1. The molecule has 0 aliphatic rings. The maximum atomic E-state index is 5.45. The monoisotopic (exact) mass is 197 g/mol. The lowest BCUT2D eigenvalue weighted by molar-refractivity contribution is -0.0151. The molecule has 0 heterocycles. The summed E-state index contributed by atoms with van der Waals surface area (Å²) >= 11 is 0. The zero-order valence-electron chi connectivity index (χ0n) is 8.18. The second-order valence-corrected chi connectivity index (χ2v) is 2.82. The molecule has 1 rings (SSSR count). The van der Waals surface area contributed by atoms with Crippen LogP contribution in [0.25, 0.3) is 0 Å². The molecule has 0 fully saturated rings. The van der Waals surface area contributed by atoms with Crippen molar-refractivity contribution in [1.82, 2.24) is 0 Å². The van der Waals surface area contributed by atoms with Gasteiger partial charge in [-0.05, 0) is 12.1 Å². The minimum absolute atomic E-state index is 0.139. The highest BCUT2D eigenvalue weighted by Crippen LogP contribution is 2.08. The minimum atomic E-state index is -0.139. The second-order valence-electron chi connectivity index (χ2n) is 2.82. The van der Waals surface area contributed by atoms with E-state index in [9.17, 15) is 0 Å². The highest BCUT2D eigenvalue weighted by molar-refractivity contribution is 5.20. The largest absolute Gasteiger partial charge is 0.491 e. The lowest BCUT2D eigenvalue weighted by atomic mass is 10.3. The van der Waals surface area contributed by atoms with Gasteiger partial charge in [-0.2, -0.15) is 0 Å². The van der Waals surface area contributed by atoms with Crippen LogP contribution in [0.15, 0.2) is 30.3 Å². The summed E-state index contributed by atoms with van der Waals surface area (Å²) in [6, 6.07) is 9.53. The normalized spacial score (nSPS) is 12.4. The van der Waals surface area contributed by atoms with Gasteiger partial charge in [0.25, 0.3) is 0 Å². The van der Waals surface area contributed by atoms with Gasteiger partial charge < -0.3 is 14.3 Å². The fourth-order valence-electron chi connectivity index (χ4n) is 0.997. The quantitative estimate of drug-likeness (QED) is 0.690. The maximum Gasteiger partial charge on any atom is 0.119 e. The number of nitrogens with two attached hydrogens (primary N) is 1. The molecule has 1 atom stereocenters. The third-order valence-electron chi connectivity index (χ3n) is 1.79. The van der Waals surface area contributed by atoms with E-state index in [4.69, 9.17) is 15.4 Å². The van der Waals surface area contributed by atoms with Crippen LogP contribution in [0, 0.1) is 0 Å². The van der Waals surface area contributed by atoms with Crippen molar-refractivity contribution in [3.8, 4) is 5.75 Å². The van der Waals surface area contributed by atoms with Gasteiger partial charge in [-0.3, -0.25) is 0 Å². The molecule has 0 radical (unpaired) electrons. The number of para-hydroxylation sites is 1. The summed E-state index contributed by atoms with van der Waals surface area (Å²) in [5.74, 6) is 5.75. The van der Waals surface area contributed by atoms with E-state index in [1.54, 1.807) is 7.11 Å². The summed E-state index contributed by atoms with van der Waals surface area (Å²) in [6.45, 7) is 0.751. The van der Waals surface area contributed by atoms with Gasteiger partial charge in [0.05, 0.1) is 6.61 Å². The first-order valence-electron chi connectivity index (χ1n) is 4.39. The topological polar surface area (TPSA) is 53.7 Å². The van der Waals surface area contributed by atoms with E-state index in [0.717, 1.165) is 5.75 Å². The van der Waals surface area contributed by atoms with Crippen molar-refractivity contribution < 1.29 is 14.3 Å². The van der Waals surface area contributed by atoms with E-state index < -0.39 is 0 Å². The van der Waals surface area contributed by atoms with Crippen LogP contribution >= 0.6 is 0 Å². The molecule has 0 saturated carbocycles. The average molecular weight is 197 g/mol. The van der Waals surface area contributed by atoms with E-state index in [1.807, 2.05) is 30.3 Å². The Labute approximate surface area is 83.5 Å². The van der Waals surface area contributed by atoms with Gasteiger partial charge in [0.1, 0.15) is 18.5 Å². The molecule has 0 saturated heterocycles. The Kier molecular flexibility index (Phi) is 4.99. The molecule has 0 aliphatic heterocycles. The SMILES string of the molecule is COC(CON)COc1ccccc1. The van der Waals surface area contributed by atoms with E-state index in [-0.39, 0.29) is 6.10 Å². The van der Waals surface area contributed by atoms with Crippen LogP contribution in [0.3, 0.4) is 0 Å². The van der Waals surface area contributed by atoms with Crippen molar-refractivity contribution in [2.75, 3.05) is 20.3 Å². The molecule has 2 N–H and O–H groups in total. The van der Waals surface area contributed by atoms with Crippen molar-refractivity contribution in [3.05, 3.63) is 30.3 Å². The summed E-state index contributed by atoms with van der Waals surface area (Å²) in [5.41, 5.74) is 0. The van der Waals surface area contributed by atoms with Gasteiger partial charge in [-0.1, -0.05) is 18.2 Å². The van der Waals surface area contributed by atoms with Gasteiger partial charge in [-0.25, -0.2) is 5.90 Å². The molecule has 0 aromatic heterocycles. The van der Waals surface area contributed by atoms with Crippen molar-refractivity contribution in [2.24, 2.45) is 5.90 Å². The number of hydrogen-bond acceptors (Lipinski definition) is 4. The first-order chi connectivity index (χ1) is 6.86. The molecule has 0 bridgehead atoms. The van der Waals surface area contributed by atoms with Gasteiger partial charge in [0.2, 0.25) is 0 Å². The van der Waals surface area contributed by atoms with Crippen LogP contribution in [0.4, 0.5) is 0 Å². The van der Waals surface area contributed by atoms with Crippen molar-refractivity contribution in [2.45, 2.75) is 6.10 Å². The Morgan fingerprint density at radius 3 is 2.50 bits per heavy atom. The molecule has 0 aliphatic carbocycles. The van der Waals surface area contributed by atoms with Gasteiger partial charge in [0, 0.05) is 7.11 Å². The van der Waals surface area contributed by atoms with E-state index >= 15 is 0 Å². The van der Waals surface area contributed by atoms with Crippen LogP contribution < -0.4 is 10.6 Å². The summed E-state index contributed by atoms with van der Waals surface area (Å²) in [6.07, 6.45) is -0.139. The summed E-state index contributed by atoms with van der Waals surface area (Å²) in [5, 5.41) is 0. The number of methoxy groups -OCH3 is 1. The predicted molar refractivity (Wildman–Crippen MR) is 52.9 cm³/mol. The Morgan fingerprint density at radius 2 is 1.93 bits per heavy atom. The molecular weight excluding hydrogens is 182 g/mol. The maximum absolute atomic E-state index is 5.45. The molecule has 4 heteroatoms. The molecule has 1 unspecified atom stereocenters. The molecule has 0 amide bonds. The third-order valence-corrected chi connectivity index (χ3v) is 1.79. The van der Waals surface area contributed by atoms with E-state index in [1.165, 1.54) is 0 Å². The first kappa shape index (κ1) is 11.0. The first-order valence-corrected chi connectivity index (χ1v) is 4.39. The number of benzene rings is 1. The molecule has 0 spiro atoms. The Hall–Kier alpha value is -1.10. The average Bonchev–Trinajstić information content (AvgIpc) is 2.25. The Bertz CT molecular complexity index is 240. The smallest absolute Gasteiger partial charge is 0.119 e. The predicted octanol–water partition coefficient (Wildman–Crippen LogP) is 0.971. The van der Waals surface area contributed by atoms with Crippen LogP contribution in [-0.4, -0.2) is 26.4 Å². The van der Waals surface area contributed by atoms with Crippen molar-refractivity contribution in [1.29, 1.82) is 0 Å². The van der Waals surface area contributed by atoms with E-state index in [0.29, 0.717) is 13.2 Å². The summed E-state index contributed by atoms with van der Waals surface area (Å²) in [7, 11) is 1.60. The second kappa shape index (κ2) is 6.37. The summed E-state index contributed by atoms with van der Waals surface area (Å²) < 4.78 is 10.5. The molecule has 4 nitrogen and oxygen atoms in total. The third kappa shape index (κ3) is 3.74. The lowest BCUT2D eigenvalue weighted by Crippen LogP contribution is -2.27. The number of ether oxygens (including phenoxy) is 2. The van der Waals surface area contributed by atoms with Crippen LogP contribution in [0.1, 0.15) is 0 Å². The lowest BCUT2D eigenvalue weighted by Gasteiger charge is -2.14. The Balaban J connectivity index is 2.32. The number of rotatable bonds is 6. The molecular formula is C10H15NO3. The fourth-order valence-corrected chi connectivity index (χ4v) is 0.997. The van der Waals surface area contributed by atoms with Gasteiger partial charge in [-0.15, -0.1) is 0 Å². The van der Waals surface area contributed by atoms with Crippen LogP contribution in [0.5, 0.6) is 5.75 Å². The zero-order valence-corrected chi connectivity index (χ0v) is 8.18. The molecule has 14 heavy (non-hydrogen) atoms. The molecule has 1 aromatic rings. The highest BCUT2D eigenvalue weighted by Gasteiger charge is 2.07. The van der Waals surface area contributed by atoms with Crippen LogP contribution in [-0.2, 0) is 9.57 Å². The van der Waals surface area contributed by atoms with Gasteiger partial charge in [0.15, 0.2) is 0 Å². The molecule has 1 aromatic carbocycles. The van der Waals surface area contributed by atoms with Crippen molar-refractivity contribution in [3.63, 3.8) is 0 Å². The van der Waals surface area contributed by atoms with Gasteiger partial charge >= 0.3 is 0 Å².